The molecule has 2 rings (SSSR count). The molecule has 0 bridgehead atoms. The van der Waals surface area contributed by atoms with Gasteiger partial charge in [0.25, 0.3) is 5.91 Å². The Balaban J connectivity index is 2.20. The lowest BCUT2D eigenvalue weighted by Gasteiger charge is -2.24. The topological polar surface area (TPSA) is 75.4 Å². The van der Waals surface area contributed by atoms with Crippen LogP contribution < -0.4 is 11.1 Å². The van der Waals surface area contributed by atoms with Crippen LogP contribution in [0.1, 0.15) is 31.0 Å². The molecule has 1 aliphatic heterocycles. The Labute approximate surface area is 112 Å². The molecule has 1 aromatic carbocycles. The Morgan fingerprint density at radius 2 is 1.84 bits per heavy atom. The van der Waals surface area contributed by atoms with E-state index in [9.17, 15) is 9.59 Å². The Morgan fingerprint density at radius 1 is 1.26 bits per heavy atom. The zero-order chi connectivity index (χ0) is 14.2. The Hall–Kier alpha value is -1.88. The fourth-order valence-corrected chi connectivity index (χ4v) is 2.06. The first kappa shape index (κ1) is 13.5. The molecule has 1 aliphatic rings. The number of hydrogen-bond donors (Lipinski definition) is 2. The number of nitrogens with one attached hydrogen (secondary N) is 1. The standard InChI is InChI=1S/C14H19N3O2/c1-9-4-6-10(7-5-9)11-12(18)17(13(19)16-11)8-14(2,3)15/h4-7,11H,8,15H2,1-3H3,(H,16,19). The number of amides is 3. The van der Waals surface area contributed by atoms with Gasteiger partial charge in [0, 0.05) is 12.1 Å². The van der Waals surface area contributed by atoms with Crippen LogP contribution in [-0.2, 0) is 4.79 Å². The maximum absolute atomic E-state index is 12.3. The van der Waals surface area contributed by atoms with Crippen LogP contribution in [0.5, 0.6) is 0 Å². The molecule has 0 spiro atoms. The molecule has 5 heteroatoms. The maximum Gasteiger partial charge on any atom is 0.325 e. The molecule has 0 radical (unpaired) electrons. The van der Waals surface area contributed by atoms with E-state index in [1.54, 1.807) is 13.8 Å². The second-order valence-corrected chi connectivity index (χ2v) is 5.71. The van der Waals surface area contributed by atoms with Crippen LogP contribution in [0, 0.1) is 6.92 Å². The molecule has 3 N–H and O–H groups in total. The minimum Gasteiger partial charge on any atom is -0.324 e. The quantitative estimate of drug-likeness (QED) is 0.806. The summed E-state index contributed by atoms with van der Waals surface area (Å²) in [5.41, 5.74) is 7.17. The summed E-state index contributed by atoms with van der Waals surface area (Å²) in [6.45, 7) is 5.75. The molecule has 1 saturated heterocycles. The number of aryl methyl sites for hydroxylation is 1. The summed E-state index contributed by atoms with van der Waals surface area (Å²) in [5, 5.41) is 2.69. The van der Waals surface area contributed by atoms with Gasteiger partial charge in [0.1, 0.15) is 6.04 Å². The van der Waals surface area contributed by atoms with Crippen LogP contribution >= 0.6 is 0 Å². The molecular weight excluding hydrogens is 242 g/mol. The van der Waals surface area contributed by atoms with Gasteiger partial charge in [0.05, 0.1) is 0 Å². The van der Waals surface area contributed by atoms with E-state index in [-0.39, 0.29) is 18.5 Å². The molecule has 1 atom stereocenters. The number of imide groups is 1. The number of carbonyl (C=O) groups excluding carboxylic acids is 2. The molecule has 1 heterocycles. The van der Waals surface area contributed by atoms with Crippen molar-refractivity contribution in [1.82, 2.24) is 10.2 Å². The van der Waals surface area contributed by atoms with Gasteiger partial charge in [-0.2, -0.15) is 0 Å². The monoisotopic (exact) mass is 261 g/mol. The predicted octanol–water partition coefficient (Wildman–Crippen LogP) is 1.33. The highest BCUT2D eigenvalue weighted by molar-refractivity contribution is 6.04. The number of urea groups is 1. The van der Waals surface area contributed by atoms with Crippen LogP contribution in [0.15, 0.2) is 24.3 Å². The maximum atomic E-state index is 12.3. The summed E-state index contributed by atoms with van der Waals surface area (Å²) in [4.78, 5) is 25.3. The van der Waals surface area contributed by atoms with Crippen molar-refractivity contribution >= 4 is 11.9 Å². The second kappa shape index (κ2) is 4.66. The molecule has 1 aromatic rings. The predicted molar refractivity (Wildman–Crippen MR) is 72.4 cm³/mol. The molecule has 0 saturated carbocycles. The molecule has 0 aromatic heterocycles. The average molecular weight is 261 g/mol. The SMILES string of the molecule is Cc1ccc(C2NC(=O)N(CC(C)(C)N)C2=O)cc1. The summed E-state index contributed by atoms with van der Waals surface area (Å²) in [6.07, 6.45) is 0. The van der Waals surface area contributed by atoms with Crippen molar-refractivity contribution in [2.24, 2.45) is 5.73 Å². The molecule has 0 aliphatic carbocycles. The lowest BCUT2D eigenvalue weighted by Crippen LogP contribution is -2.47. The van der Waals surface area contributed by atoms with E-state index in [1.807, 2.05) is 31.2 Å². The highest BCUT2D eigenvalue weighted by Crippen LogP contribution is 2.23. The molecule has 102 valence electrons. The third-order valence-corrected chi connectivity index (χ3v) is 3.00. The summed E-state index contributed by atoms with van der Waals surface area (Å²) in [5.74, 6) is -0.243. The first-order valence-corrected chi connectivity index (χ1v) is 6.25. The van der Waals surface area contributed by atoms with Crippen LogP contribution in [0.3, 0.4) is 0 Å². The summed E-state index contributed by atoms with van der Waals surface area (Å²) in [6, 6.07) is 6.57. The first-order valence-electron chi connectivity index (χ1n) is 6.25. The van der Waals surface area contributed by atoms with E-state index in [0.717, 1.165) is 11.1 Å². The smallest absolute Gasteiger partial charge is 0.324 e. The fraction of sp³-hybridized carbons (Fsp3) is 0.429. The van der Waals surface area contributed by atoms with Crippen molar-refractivity contribution in [2.45, 2.75) is 32.4 Å². The zero-order valence-corrected chi connectivity index (χ0v) is 11.4. The van der Waals surface area contributed by atoms with E-state index in [1.165, 1.54) is 4.90 Å². The number of hydrogen-bond acceptors (Lipinski definition) is 3. The molecular formula is C14H19N3O2. The van der Waals surface area contributed by atoms with Crippen molar-refractivity contribution < 1.29 is 9.59 Å². The summed E-state index contributed by atoms with van der Waals surface area (Å²) in [7, 11) is 0. The van der Waals surface area contributed by atoms with Gasteiger partial charge in [0.2, 0.25) is 0 Å². The van der Waals surface area contributed by atoms with E-state index in [0.29, 0.717) is 0 Å². The van der Waals surface area contributed by atoms with Crippen LogP contribution in [0.25, 0.3) is 0 Å². The third-order valence-electron chi connectivity index (χ3n) is 3.00. The largest absolute Gasteiger partial charge is 0.325 e. The Morgan fingerprint density at radius 3 is 2.37 bits per heavy atom. The van der Waals surface area contributed by atoms with Gasteiger partial charge >= 0.3 is 6.03 Å². The lowest BCUT2D eigenvalue weighted by atomic mass is 10.0. The third kappa shape index (κ3) is 2.93. The van der Waals surface area contributed by atoms with E-state index >= 15 is 0 Å². The molecule has 3 amide bonds. The number of nitrogens with zero attached hydrogens (tertiary/aromatic N) is 1. The molecule has 1 unspecified atom stereocenters. The van der Waals surface area contributed by atoms with Gasteiger partial charge in [-0.05, 0) is 26.3 Å². The molecule has 5 nitrogen and oxygen atoms in total. The van der Waals surface area contributed by atoms with Gasteiger partial charge in [-0.1, -0.05) is 29.8 Å². The van der Waals surface area contributed by atoms with Crippen LogP contribution in [0.2, 0.25) is 0 Å². The van der Waals surface area contributed by atoms with Crippen LogP contribution in [-0.4, -0.2) is 28.9 Å². The van der Waals surface area contributed by atoms with E-state index < -0.39 is 11.6 Å². The second-order valence-electron chi connectivity index (χ2n) is 5.71. The van der Waals surface area contributed by atoms with Gasteiger partial charge in [-0.15, -0.1) is 0 Å². The average Bonchev–Trinajstić information content (AvgIpc) is 2.56. The van der Waals surface area contributed by atoms with E-state index in [2.05, 4.69) is 5.32 Å². The van der Waals surface area contributed by atoms with Gasteiger partial charge in [-0.25, -0.2) is 4.79 Å². The Kier molecular flexibility index (Phi) is 3.32. The van der Waals surface area contributed by atoms with Gasteiger partial charge in [0.15, 0.2) is 0 Å². The van der Waals surface area contributed by atoms with Crippen molar-refractivity contribution in [3.05, 3.63) is 35.4 Å². The van der Waals surface area contributed by atoms with E-state index in [4.69, 9.17) is 5.73 Å². The number of nitrogens with two attached hydrogens (primary N) is 1. The highest BCUT2D eigenvalue weighted by atomic mass is 16.2. The number of carbonyl (C=O) groups is 2. The Bertz CT molecular complexity index is 502. The molecule has 1 fully saturated rings. The molecule has 19 heavy (non-hydrogen) atoms. The lowest BCUT2D eigenvalue weighted by molar-refractivity contribution is -0.128. The fourth-order valence-electron chi connectivity index (χ4n) is 2.06. The van der Waals surface area contributed by atoms with Gasteiger partial charge < -0.3 is 11.1 Å². The number of rotatable bonds is 3. The van der Waals surface area contributed by atoms with Gasteiger partial charge in [-0.3, -0.25) is 9.69 Å². The first-order chi connectivity index (χ1) is 8.78. The van der Waals surface area contributed by atoms with Crippen molar-refractivity contribution in [3.63, 3.8) is 0 Å². The van der Waals surface area contributed by atoms with Crippen molar-refractivity contribution in [2.75, 3.05) is 6.54 Å². The number of benzene rings is 1. The van der Waals surface area contributed by atoms with Crippen LogP contribution in [0.4, 0.5) is 4.79 Å². The minimum absolute atomic E-state index is 0.208. The normalized spacial score (nSPS) is 19.8. The summed E-state index contributed by atoms with van der Waals surface area (Å²) >= 11 is 0. The zero-order valence-electron chi connectivity index (χ0n) is 11.4. The van der Waals surface area contributed by atoms with Crippen molar-refractivity contribution in [1.29, 1.82) is 0 Å². The van der Waals surface area contributed by atoms with Crippen molar-refractivity contribution in [3.8, 4) is 0 Å². The highest BCUT2D eigenvalue weighted by Gasteiger charge is 2.40. The summed E-state index contributed by atoms with van der Waals surface area (Å²) < 4.78 is 0. The minimum atomic E-state index is -0.602.